The fraction of sp³-hybridized carbons (Fsp3) is 0.885. The highest BCUT2D eigenvalue weighted by Gasteiger charge is 2.63. The summed E-state index contributed by atoms with van der Waals surface area (Å²) in [7, 11) is 1.50. The minimum atomic E-state index is -0.203. The number of carbonyl (C=O) groups is 1. The molecule has 3 heteroatoms. The summed E-state index contributed by atoms with van der Waals surface area (Å²) in [5.74, 6) is 6.34. The molecule has 0 radical (unpaired) electrons. The molecule has 0 amide bonds. The summed E-state index contributed by atoms with van der Waals surface area (Å²) >= 11 is 0. The highest BCUT2D eigenvalue weighted by Crippen LogP contribution is 2.70. The molecule has 29 heavy (non-hydrogen) atoms. The molecular weight excluding hydrogens is 355 g/mol. The average Bonchev–Trinajstić information content (AvgIpc) is 2.67. The van der Waals surface area contributed by atoms with E-state index < -0.39 is 0 Å². The smallest absolute Gasteiger partial charge is 0.332 e. The van der Waals surface area contributed by atoms with Gasteiger partial charge in [-0.1, -0.05) is 79.5 Å². The molecule has 2 nitrogen and oxygen atoms in total. The Morgan fingerprint density at radius 2 is 1.34 bits per heavy atom. The first-order chi connectivity index (χ1) is 13.4. The van der Waals surface area contributed by atoms with Crippen molar-refractivity contribution in [1.29, 1.82) is 0 Å². The minimum absolute atomic E-state index is 0.203. The van der Waals surface area contributed by atoms with Gasteiger partial charge in [-0.3, -0.25) is 0 Å². The summed E-state index contributed by atoms with van der Waals surface area (Å²) < 4.78 is 5.10. The zero-order chi connectivity index (χ0) is 21.5. The summed E-state index contributed by atoms with van der Waals surface area (Å²) in [5, 5.41) is 0. The van der Waals surface area contributed by atoms with E-state index in [2.05, 4.69) is 55.0 Å². The third-order valence-corrected chi connectivity index (χ3v) is 11.4. The molecule has 0 saturated heterocycles. The van der Waals surface area contributed by atoms with Crippen LogP contribution in [-0.2, 0) is 9.53 Å². The number of esters is 1. The summed E-state index contributed by atoms with van der Waals surface area (Å²) in [4.78, 5) is 12.4. The van der Waals surface area contributed by atoms with E-state index in [1.54, 1.807) is 0 Å². The Balaban J connectivity index is 1.64. The third kappa shape index (κ3) is 2.92. The molecular formula is C26H43BO2. The monoisotopic (exact) mass is 398 g/mol. The number of rotatable bonds is 5. The maximum absolute atomic E-state index is 12.4. The molecule has 0 N–H and O–H groups in total. The lowest BCUT2D eigenvalue weighted by Gasteiger charge is -2.67. The van der Waals surface area contributed by atoms with Crippen molar-refractivity contribution < 1.29 is 9.53 Å². The predicted octanol–water partition coefficient (Wildman–Crippen LogP) is 6.75. The van der Waals surface area contributed by atoms with E-state index >= 15 is 0 Å². The van der Waals surface area contributed by atoms with Gasteiger partial charge in [0.25, 0.3) is 0 Å². The number of ether oxygens (including phenoxy) is 1. The normalized spacial score (nSPS) is 44.7. The first-order valence-electron chi connectivity index (χ1n) is 12.2. The highest BCUT2D eigenvalue weighted by molar-refractivity contribution is 6.65. The molecule has 1 unspecified atom stereocenters. The first-order valence-corrected chi connectivity index (χ1v) is 12.2. The molecule has 6 rings (SSSR count). The van der Waals surface area contributed by atoms with E-state index in [4.69, 9.17) is 4.74 Å². The molecule has 0 aromatic heterocycles. The van der Waals surface area contributed by atoms with E-state index in [-0.39, 0.29) is 11.8 Å². The van der Waals surface area contributed by atoms with Crippen molar-refractivity contribution in [1.82, 2.24) is 0 Å². The molecule has 0 aliphatic heterocycles. The van der Waals surface area contributed by atoms with E-state index in [1.807, 2.05) is 0 Å². The standard InChI is InChI=1S/C26H43BO2/c1-14(24(28)29-9)17(4)27(22-12-18-10-20(15(22)2)25(18,5)6)23-13-19-11-21(16(23)3)26(19,7)8/h15-23H,1,10-13H2,2-9H3/t15-,16-,17?,18+,19+,20-,21-,22-,23-/m1/s1. The molecule has 6 aliphatic rings. The van der Waals surface area contributed by atoms with Crippen LogP contribution in [0.2, 0.25) is 17.5 Å². The van der Waals surface area contributed by atoms with Gasteiger partial charge in [-0.2, -0.15) is 0 Å². The zero-order valence-corrected chi connectivity index (χ0v) is 20.1. The van der Waals surface area contributed by atoms with Crippen LogP contribution in [0.25, 0.3) is 0 Å². The highest BCUT2D eigenvalue weighted by atomic mass is 16.5. The maximum Gasteiger partial charge on any atom is 0.332 e. The van der Waals surface area contributed by atoms with Gasteiger partial charge in [-0.05, 0) is 65.0 Å². The first kappa shape index (κ1) is 21.5. The van der Waals surface area contributed by atoms with Crippen molar-refractivity contribution in [2.75, 3.05) is 7.11 Å². The van der Waals surface area contributed by atoms with Crippen molar-refractivity contribution in [3.63, 3.8) is 0 Å². The molecule has 162 valence electrons. The molecule has 0 aromatic rings. The zero-order valence-electron chi connectivity index (χ0n) is 20.1. The van der Waals surface area contributed by atoms with Crippen LogP contribution < -0.4 is 0 Å². The fourth-order valence-electron chi connectivity index (χ4n) is 9.00. The quantitative estimate of drug-likeness (QED) is 0.291. The van der Waals surface area contributed by atoms with Crippen molar-refractivity contribution in [3.8, 4) is 0 Å². The van der Waals surface area contributed by atoms with Gasteiger partial charge in [-0.15, -0.1) is 0 Å². The van der Waals surface area contributed by atoms with E-state index in [0.29, 0.717) is 23.1 Å². The van der Waals surface area contributed by atoms with Crippen LogP contribution in [0.3, 0.4) is 0 Å². The molecule has 6 saturated carbocycles. The Kier molecular flexibility index (Phi) is 5.11. The summed E-state index contributed by atoms with van der Waals surface area (Å²) in [6, 6.07) is 0. The van der Waals surface area contributed by atoms with Crippen LogP contribution >= 0.6 is 0 Å². The van der Waals surface area contributed by atoms with Gasteiger partial charge in [0.15, 0.2) is 6.71 Å². The van der Waals surface area contributed by atoms with Crippen molar-refractivity contribution >= 4 is 12.7 Å². The average molecular weight is 398 g/mol. The lowest BCUT2D eigenvalue weighted by Crippen LogP contribution is -2.60. The summed E-state index contributed by atoms with van der Waals surface area (Å²) in [6.07, 6.45) is 5.52. The maximum atomic E-state index is 12.4. The number of carbonyl (C=O) groups excluding carboxylic acids is 1. The van der Waals surface area contributed by atoms with Crippen molar-refractivity contribution in [2.45, 2.75) is 91.6 Å². The molecule has 9 atom stereocenters. The van der Waals surface area contributed by atoms with Crippen LogP contribution in [0.5, 0.6) is 0 Å². The van der Waals surface area contributed by atoms with Crippen LogP contribution in [0.4, 0.5) is 0 Å². The molecule has 6 fully saturated rings. The molecule has 4 bridgehead atoms. The number of fused-ring (bicyclic) bond motifs is 4. The van der Waals surface area contributed by atoms with Crippen LogP contribution in [0, 0.1) is 46.3 Å². The number of hydrogen-bond donors (Lipinski definition) is 0. The second kappa shape index (κ2) is 6.89. The van der Waals surface area contributed by atoms with Crippen molar-refractivity contribution in [3.05, 3.63) is 12.2 Å². The second-order valence-corrected chi connectivity index (χ2v) is 12.6. The van der Waals surface area contributed by atoms with Gasteiger partial charge >= 0.3 is 5.97 Å². The van der Waals surface area contributed by atoms with E-state index in [1.165, 1.54) is 32.8 Å². The topological polar surface area (TPSA) is 26.3 Å². The van der Waals surface area contributed by atoms with E-state index in [9.17, 15) is 4.79 Å². The SMILES string of the molecule is C=C(C(=O)OC)C(C)B([C@@H]1C[C@@H]2C[C@H]([C@H]1C)C2(C)C)[C@@H]1C[C@@H]2C[C@H]([C@H]1C)C2(C)C. The molecule has 0 aromatic carbocycles. The summed E-state index contributed by atoms with van der Waals surface area (Å²) in [6.45, 7) is 22.1. The Bertz CT molecular complexity index is 653. The van der Waals surface area contributed by atoms with Gasteiger partial charge < -0.3 is 4.74 Å². The lowest BCUT2D eigenvalue weighted by atomic mass is 9.17. The Morgan fingerprint density at radius 1 is 0.931 bits per heavy atom. The molecule has 0 spiro atoms. The Labute approximate surface area is 179 Å². The van der Waals surface area contributed by atoms with Gasteiger partial charge in [0.2, 0.25) is 0 Å². The van der Waals surface area contributed by atoms with Crippen LogP contribution in [-0.4, -0.2) is 19.8 Å². The molecule has 6 aliphatic carbocycles. The van der Waals surface area contributed by atoms with Crippen LogP contribution in [0.1, 0.15) is 74.1 Å². The Hall–Kier alpha value is -0.725. The van der Waals surface area contributed by atoms with E-state index in [0.717, 1.165) is 47.1 Å². The van der Waals surface area contributed by atoms with Gasteiger partial charge in [0.05, 0.1) is 7.11 Å². The van der Waals surface area contributed by atoms with Gasteiger partial charge in [0.1, 0.15) is 0 Å². The van der Waals surface area contributed by atoms with Gasteiger partial charge in [0, 0.05) is 5.57 Å². The lowest BCUT2D eigenvalue weighted by molar-refractivity contribution is -0.136. The largest absolute Gasteiger partial charge is 0.466 e. The predicted molar refractivity (Wildman–Crippen MR) is 122 cm³/mol. The molecule has 0 heterocycles. The number of methoxy groups -OCH3 is 1. The Morgan fingerprint density at radius 3 is 1.66 bits per heavy atom. The minimum Gasteiger partial charge on any atom is -0.466 e. The summed E-state index contributed by atoms with van der Waals surface area (Å²) in [5.41, 5.74) is 1.71. The fourth-order valence-corrected chi connectivity index (χ4v) is 9.00. The third-order valence-electron chi connectivity index (χ3n) is 11.4. The van der Waals surface area contributed by atoms with Crippen molar-refractivity contribution in [2.24, 2.45) is 46.3 Å². The van der Waals surface area contributed by atoms with Crippen LogP contribution in [0.15, 0.2) is 12.2 Å². The second-order valence-electron chi connectivity index (χ2n) is 12.6. The number of hydrogen-bond acceptors (Lipinski definition) is 2. The van der Waals surface area contributed by atoms with Gasteiger partial charge in [-0.25, -0.2) is 4.79 Å².